The Balaban J connectivity index is 1.62. The summed E-state index contributed by atoms with van der Waals surface area (Å²) in [5, 5.41) is 9.95. The second-order valence-corrected chi connectivity index (χ2v) is 13.2. The van der Waals surface area contributed by atoms with Gasteiger partial charge in [-0.2, -0.15) is 9.98 Å². The third-order valence-corrected chi connectivity index (χ3v) is 10.2. The summed E-state index contributed by atoms with van der Waals surface area (Å²) < 4.78 is 0. The summed E-state index contributed by atoms with van der Waals surface area (Å²) in [5.41, 5.74) is 2.33. The first kappa shape index (κ1) is 31.9. The number of nitrogens with zero attached hydrogens (tertiary/aromatic N) is 4. The van der Waals surface area contributed by atoms with Crippen molar-refractivity contribution in [1.82, 2.24) is 9.80 Å². The third kappa shape index (κ3) is 4.41. The highest BCUT2D eigenvalue weighted by Crippen LogP contribution is 2.52. The third-order valence-electron chi connectivity index (χ3n) is 10.0. The van der Waals surface area contributed by atoms with E-state index in [1.165, 1.54) is 9.80 Å². The van der Waals surface area contributed by atoms with Crippen LogP contribution in [0.25, 0.3) is 43.1 Å². The Morgan fingerprint density at radius 2 is 0.979 bits per heavy atom. The molecule has 0 saturated heterocycles. The fourth-order valence-electron chi connectivity index (χ4n) is 7.80. The number of rotatable bonds is 10. The van der Waals surface area contributed by atoms with Gasteiger partial charge in [0.05, 0.1) is 32.8 Å². The molecule has 48 heavy (non-hydrogen) atoms. The van der Waals surface area contributed by atoms with Crippen molar-refractivity contribution in [2.75, 3.05) is 0 Å². The zero-order chi connectivity index (χ0) is 34.0. The van der Waals surface area contributed by atoms with Crippen molar-refractivity contribution in [1.29, 1.82) is 0 Å². The molecule has 2 aliphatic rings. The minimum absolute atomic E-state index is 0.260. The molecule has 2 unspecified atom stereocenters. The van der Waals surface area contributed by atoms with Crippen LogP contribution >= 0.6 is 24.4 Å². The Kier molecular flexibility index (Phi) is 8.01. The van der Waals surface area contributed by atoms with Crippen molar-refractivity contribution in [2.24, 2.45) is 9.98 Å². The van der Waals surface area contributed by atoms with E-state index in [9.17, 15) is 19.2 Å². The van der Waals surface area contributed by atoms with E-state index in [-0.39, 0.29) is 23.9 Å². The van der Waals surface area contributed by atoms with Gasteiger partial charge in [-0.1, -0.05) is 51.7 Å². The number of hydrogen-bond donors (Lipinski definition) is 0. The van der Waals surface area contributed by atoms with Gasteiger partial charge in [0, 0.05) is 50.1 Å². The van der Waals surface area contributed by atoms with Crippen LogP contribution in [0.2, 0.25) is 0 Å². The predicted octanol–water partition coefficient (Wildman–Crippen LogP) is 9.56. The highest BCUT2D eigenvalue weighted by atomic mass is 32.1. The van der Waals surface area contributed by atoms with E-state index in [1.54, 1.807) is 24.3 Å². The minimum atomic E-state index is -0.398. The predicted molar refractivity (Wildman–Crippen MR) is 196 cm³/mol. The molecular weight excluding hydrogens is 641 g/mol. The Hall–Kier alpha value is -4.72. The number of imide groups is 2. The fraction of sp³-hybridized carbons (Fsp3) is 0.316. The van der Waals surface area contributed by atoms with Crippen LogP contribution in [0, 0.1) is 0 Å². The summed E-state index contributed by atoms with van der Waals surface area (Å²) in [5.74, 6) is -1.47. The molecule has 0 radical (unpaired) electrons. The van der Waals surface area contributed by atoms with Gasteiger partial charge >= 0.3 is 0 Å². The number of fused-ring (bicyclic) bond motifs is 2. The summed E-state index contributed by atoms with van der Waals surface area (Å²) in [6.07, 6.45) is 5.04. The second kappa shape index (κ2) is 12.1. The molecule has 0 aromatic heterocycles. The van der Waals surface area contributed by atoms with Gasteiger partial charge in [-0.25, -0.2) is 0 Å². The summed E-state index contributed by atoms with van der Waals surface area (Å²) in [7, 11) is 0. The van der Waals surface area contributed by atoms with Gasteiger partial charge in [0.15, 0.2) is 0 Å². The number of carbonyl (C=O) groups is 4. The van der Waals surface area contributed by atoms with E-state index in [0.717, 1.165) is 25.7 Å². The zero-order valence-electron chi connectivity index (χ0n) is 27.1. The van der Waals surface area contributed by atoms with E-state index in [2.05, 4.69) is 34.2 Å². The summed E-state index contributed by atoms with van der Waals surface area (Å²) >= 11 is 10.2. The maximum absolute atomic E-state index is 14.2. The van der Waals surface area contributed by atoms with Crippen LogP contribution in [0.15, 0.2) is 46.4 Å². The smallest absolute Gasteiger partial charge is 0.261 e. The quantitative estimate of drug-likeness (QED) is 0.0482. The highest BCUT2D eigenvalue weighted by Gasteiger charge is 2.40. The molecule has 0 saturated carbocycles. The molecule has 4 amide bonds. The van der Waals surface area contributed by atoms with Gasteiger partial charge in [-0.05, 0) is 91.5 Å². The fourth-order valence-corrected chi connectivity index (χ4v) is 7.99. The molecule has 2 heterocycles. The van der Waals surface area contributed by atoms with E-state index < -0.39 is 11.8 Å². The Bertz CT molecular complexity index is 2230. The molecule has 7 rings (SSSR count). The minimum Gasteiger partial charge on any atom is -0.272 e. The Labute approximate surface area is 287 Å². The monoisotopic (exact) mass is 672 g/mol. The van der Waals surface area contributed by atoms with E-state index in [0.29, 0.717) is 89.6 Å². The first-order chi connectivity index (χ1) is 23.2. The maximum Gasteiger partial charge on any atom is 0.261 e. The van der Waals surface area contributed by atoms with Gasteiger partial charge in [0.25, 0.3) is 23.6 Å². The number of amides is 4. The van der Waals surface area contributed by atoms with Crippen molar-refractivity contribution in [2.45, 2.75) is 78.3 Å². The lowest BCUT2D eigenvalue weighted by Gasteiger charge is -2.34. The van der Waals surface area contributed by atoms with Crippen LogP contribution < -0.4 is 0 Å². The lowest BCUT2D eigenvalue weighted by molar-refractivity contribution is 0.0527. The van der Waals surface area contributed by atoms with Gasteiger partial charge in [0.1, 0.15) is 0 Å². The van der Waals surface area contributed by atoms with Crippen molar-refractivity contribution in [3.05, 3.63) is 58.7 Å². The summed E-state index contributed by atoms with van der Waals surface area (Å²) in [6.45, 7) is 7.95. The number of aliphatic imine (C=N–C) groups is 2. The van der Waals surface area contributed by atoms with Gasteiger partial charge in [-0.3, -0.25) is 29.0 Å². The molecule has 2 atom stereocenters. The summed E-state index contributed by atoms with van der Waals surface area (Å²) in [6, 6.07) is 9.99. The Morgan fingerprint density at radius 1 is 0.583 bits per heavy atom. The van der Waals surface area contributed by atoms with Crippen LogP contribution in [-0.4, -0.2) is 55.8 Å². The van der Waals surface area contributed by atoms with Gasteiger partial charge < -0.3 is 0 Å². The number of isothiocyanates is 2. The molecule has 2 aliphatic heterocycles. The average molecular weight is 673 g/mol. The van der Waals surface area contributed by atoms with Crippen LogP contribution in [0.1, 0.15) is 108 Å². The van der Waals surface area contributed by atoms with E-state index in [1.807, 2.05) is 26.0 Å². The zero-order valence-corrected chi connectivity index (χ0v) is 28.7. The van der Waals surface area contributed by atoms with E-state index >= 15 is 0 Å². The molecule has 0 bridgehead atoms. The second-order valence-electron chi connectivity index (χ2n) is 12.8. The number of hydrogen-bond acceptors (Lipinski definition) is 8. The van der Waals surface area contributed by atoms with Gasteiger partial charge in [-0.15, -0.1) is 0 Å². The van der Waals surface area contributed by atoms with Crippen molar-refractivity contribution in [3.63, 3.8) is 0 Å². The van der Waals surface area contributed by atoms with Crippen molar-refractivity contribution < 1.29 is 19.2 Å². The maximum atomic E-state index is 14.2. The highest BCUT2D eigenvalue weighted by molar-refractivity contribution is 7.78. The molecule has 8 nitrogen and oxygen atoms in total. The number of unbranched alkanes of at least 4 members (excludes halogenated alkanes) is 2. The summed E-state index contributed by atoms with van der Waals surface area (Å²) in [4.78, 5) is 68.0. The van der Waals surface area contributed by atoms with Crippen LogP contribution in [-0.2, 0) is 0 Å². The molecule has 240 valence electrons. The molecule has 0 N–H and O–H groups in total. The molecule has 5 aromatic carbocycles. The first-order valence-corrected chi connectivity index (χ1v) is 17.2. The molecular formula is C38H32N4O4S2. The molecule has 10 heteroatoms. The average Bonchev–Trinajstić information content (AvgIpc) is 3.07. The largest absolute Gasteiger partial charge is 0.272 e. The Morgan fingerprint density at radius 3 is 1.38 bits per heavy atom. The topological polar surface area (TPSA) is 99.5 Å². The molecule has 0 aliphatic carbocycles. The SMILES string of the molecule is CCCCC(C)N1C(=O)c2ccc3c4c(N=C=S)cc5c6c(cc(N=C=S)c(c7ccc(c2c37)C1=O)c64)C(=O)N(C(C)CCCC)C5=O. The first-order valence-electron chi connectivity index (χ1n) is 16.4. The molecule has 5 aromatic rings. The van der Waals surface area contributed by atoms with Gasteiger partial charge in [0.2, 0.25) is 0 Å². The van der Waals surface area contributed by atoms with Crippen molar-refractivity contribution in [3.8, 4) is 0 Å². The van der Waals surface area contributed by atoms with Crippen LogP contribution in [0.4, 0.5) is 11.4 Å². The lowest BCUT2D eigenvalue weighted by atomic mass is 9.80. The standard InChI is InChI=1S/C38H32N4O4S2/c1-5-7-9-19(3)41-35(43)23-13-11-21-29-22(12-14-24(30(23)29)36(41)44)33-28(40-18-48)16-26-31-25(15-27(39-17-47)32(21)34(31)33)37(45)42(38(26)46)20(4)10-8-6-2/h11-16,19-20H,5-10H2,1-4H3. The normalized spacial score (nSPS) is 15.5. The van der Waals surface area contributed by atoms with E-state index in [4.69, 9.17) is 24.4 Å². The van der Waals surface area contributed by atoms with Crippen LogP contribution in [0.5, 0.6) is 0 Å². The molecule has 0 fully saturated rings. The number of thiocarbonyl (C=S) groups is 2. The number of benzene rings is 5. The van der Waals surface area contributed by atoms with Crippen LogP contribution in [0.3, 0.4) is 0 Å². The van der Waals surface area contributed by atoms with Crippen molar-refractivity contribution >= 4 is 113 Å². The number of carbonyl (C=O) groups excluding carboxylic acids is 4. The lowest BCUT2D eigenvalue weighted by Crippen LogP contribution is -2.46. The molecule has 0 spiro atoms.